The average Bonchev–Trinajstić information content (AvgIpc) is 2.65. The zero-order valence-electron chi connectivity index (χ0n) is 15.8. The van der Waals surface area contributed by atoms with Crippen LogP contribution in [0.15, 0.2) is 29.3 Å². The number of aliphatic imine (C=N–C) groups is 1. The highest BCUT2D eigenvalue weighted by Gasteiger charge is 2.29. The number of unbranched alkanes of at least 4 members (excludes halogenated alkanes) is 1. The Morgan fingerprint density at radius 3 is 2.41 bits per heavy atom. The molecule has 1 aromatic rings. The zero-order valence-corrected chi connectivity index (χ0v) is 16.6. The molecular weight excluding hydrogens is 371 g/mol. The van der Waals surface area contributed by atoms with Gasteiger partial charge in [0.15, 0.2) is 5.17 Å². The zero-order chi connectivity index (χ0) is 19.5. The number of hydrogen-bond acceptors (Lipinski definition) is 3. The maximum Gasteiger partial charge on any atom is 0.416 e. The van der Waals surface area contributed by atoms with Crippen LogP contribution in [0.4, 0.5) is 13.2 Å². The summed E-state index contributed by atoms with van der Waals surface area (Å²) in [5, 5.41) is 0.642. The van der Waals surface area contributed by atoms with Gasteiger partial charge in [-0.15, -0.1) is 0 Å². The summed E-state index contributed by atoms with van der Waals surface area (Å²) < 4.78 is 37.6. The Kier molecular flexibility index (Phi) is 9.48. The molecule has 7 heteroatoms. The van der Waals surface area contributed by atoms with Crippen molar-refractivity contribution in [1.82, 2.24) is 4.90 Å². The van der Waals surface area contributed by atoms with Gasteiger partial charge in [0.05, 0.1) is 5.56 Å². The van der Waals surface area contributed by atoms with Crippen LogP contribution in [0.3, 0.4) is 0 Å². The number of nitrogens with zero attached hydrogens (tertiary/aromatic N) is 2. The Hall–Kier alpha value is -1.21. The number of hydrogen-bond donors (Lipinski definition) is 1. The minimum atomic E-state index is -4.27. The molecule has 1 aliphatic heterocycles. The van der Waals surface area contributed by atoms with E-state index in [2.05, 4.69) is 9.89 Å². The first-order valence-electron chi connectivity index (χ1n) is 9.76. The van der Waals surface area contributed by atoms with Crippen LogP contribution in [0, 0.1) is 0 Å². The molecule has 2 rings (SSSR count). The van der Waals surface area contributed by atoms with E-state index in [1.54, 1.807) is 23.9 Å². The van der Waals surface area contributed by atoms with Gasteiger partial charge in [-0.2, -0.15) is 13.2 Å². The van der Waals surface area contributed by atoms with Crippen LogP contribution in [0.25, 0.3) is 0 Å². The first-order valence-corrected chi connectivity index (χ1v) is 10.7. The number of nitrogens with two attached hydrogens (primary N) is 1. The third-order valence-electron chi connectivity index (χ3n) is 4.74. The number of thioether (sulfide) groups is 1. The van der Waals surface area contributed by atoms with E-state index < -0.39 is 11.7 Å². The Morgan fingerprint density at radius 1 is 1.04 bits per heavy atom. The van der Waals surface area contributed by atoms with Crippen LogP contribution in [-0.2, 0) is 12.6 Å². The fraction of sp³-hybridized carbons (Fsp3) is 0.650. The first kappa shape index (κ1) is 22.1. The highest BCUT2D eigenvalue weighted by molar-refractivity contribution is 8.13. The number of likely N-dealkylation sites (tertiary alicyclic amines) is 1. The van der Waals surface area contributed by atoms with Crippen molar-refractivity contribution in [1.29, 1.82) is 0 Å². The van der Waals surface area contributed by atoms with Crippen molar-refractivity contribution in [2.24, 2.45) is 10.7 Å². The van der Waals surface area contributed by atoms with Gasteiger partial charge in [0.1, 0.15) is 0 Å². The molecule has 1 heterocycles. The fourth-order valence-corrected chi connectivity index (χ4v) is 3.85. The summed E-state index contributed by atoms with van der Waals surface area (Å²) in [6.07, 6.45) is 3.41. The molecule has 0 radical (unpaired) electrons. The summed E-state index contributed by atoms with van der Waals surface area (Å²) in [5.74, 6) is 0.997. The van der Waals surface area contributed by atoms with E-state index in [1.807, 2.05) is 0 Å². The van der Waals surface area contributed by atoms with Gasteiger partial charge >= 0.3 is 6.18 Å². The Morgan fingerprint density at radius 2 is 1.74 bits per heavy atom. The van der Waals surface area contributed by atoms with Crippen molar-refractivity contribution in [2.45, 2.75) is 51.1 Å². The second-order valence-corrected chi connectivity index (χ2v) is 8.09. The van der Waals surface area contributed by atoms with Crippen molar-refractivity contribution < 1.29 is 13.2 Å². The van der Waals surface area contributed by atoms with Crippen LogP contribution in [0.5, 0.6) is 0 Å². The second kappa shape index (κ2) is 11.6. The number of amidine groups is 1. The summed E-state index contributed by atoms with van der Waals surface area (Å²) in [4.78, 5) is 6.91. The molecule has 2 N–H and O–H groups in total. The van der Waals surface area contributed by atoms with E-state index in [0.29, 0.717) is 11.7 Å². The number of alkyl halides is 3. The van der Waals surface area contributed by atoms with Gasteiger partial charge < -0.3 is 10.6 Å². The molecule has 0 aliphatic carbocycles. The molecule has 1 aliphatic rings. The lowest BCUT2D eigenvalue weighted by molar-refractivity contribution is -0.137. The van der Waals surface area contributed by atoms with E-state index in [-0.39, 0.29) is 0 Å². The van der Waals surface area contributed by atoms with Crippen molar-refractivity contribution in [2.75, 3.05) is 31.9 Å². The van der Waals surface area contributed by atoms with Crippen LogP contribution in [0.2, 0.25) is 0 Å². The molecule has 0 saturated carbocycles. The molecule has 152 valence electrons. The molecule has 0 atom stereocenters. The normalized spacial score (nSPS) is 16.6. The number of halogens is 3. The lowest BCUT2D eigenvalue weighted by atomic mass is 10.1. The summed E-state index contributed by atoms with van der Waals surface area (Å²) in [5.41, 5.74) is 6.26. The lowest BCUT2D eigenvalue weighted by Gasteiger charge is -2.26. The van der Waals surface area contributed by atoms with Crippen molar-refractivity contribution in [3.05, 3.63) is 35.4 Å². The molecular formula is C20H30F3N3S. The molecule has 0 bridgehead atoms. The summed E-state index contributed by atoms with van der Waals surface area (Å²) in [6, 6.07) is 5.40. The van der Waals surface area contributed by atoms with Crippen molar-refractivity contribution >= 4 is 16.9 Å². The van der Waals surface area contributed by atoms with Gasteiger partial charge in [0.25, 0.3) is 0 Å². The monoisotopic (exact) mass is 401 g/mol. The Balaban J connectivity index is 1.53. The third kappa shape index (κ3) is 9.02. The van der Waals surface area contributed by atoms with E-state index in [1.165, 1.54) is 32.4 Å². The average molecular weight is 402 g/mol. The molecule has 1 fully saturated rings. The highest BCUT2D eigenvalue weighted by Crippen LogP contribution is 2.29. The van der Waals surface area contributed by atoms with Crippen LogP contribution >= 0.6 is 11.8 Å². The maximum absolute atomic E-state index is 12.5. The SMILES string of the molecule is NC(=NCCCCc1ccc(C(F)(F)F)cc1)SCCCN1CCCCC1. The first-order chi connectivity index (χ1) is 12.9. The number of piperidine rings is 1. The quantitative estimate of drug-likeness (QED) is 0.362. The Labute approximate surface area is 164 Å². The molecule has 0 amide bonds. The van der Waals surface area contributed by atoms with Crippen molar-refractivity contribution in [3.8, 4) is 0 Å². The number of benzene rings is 1. The third-order valence-corrected chi connectivity index (χ3v) is 5.66. The molecule has 27 heavy (non-hydrogen) atoms. The smallest absolute Gasteiger partial charge is 0.379 e. The lowest BCUT2D eigenvalue weighted by Crippen LogP contribution is -2.30. The maximum atomic E-state index is 12.5. The van der Waals surface area contributed by atoms with E-state index in [9.17, 15) is 13.2 Å². The number of rotatable bonds is 9. The topological polar surface area (TPSA) is 41.6 Å². The molecule has 1 saturated heterocycles. The molecule has 0 unspecified atom stereocenters. The van der Waals surface area contributed by atoms with Crippen LogP contribution in [-0.4, -0.2) is 42.0 Å². The largest absolute Gasteiger partial charge is 0.416 e. The molecule has 0 spiro atoms. The minimum absolute atomic E-state index is 0.596. The number of aryl methyl sites for hydroxylation is 1. The van der Waals surface area contributed by atoms with Gasteiger partial charge in [0.2, 0.25) is 0 Å². The predicted molar refractivity (Wildman–Crippen MR) is 108 cm³/mol. The summed E-state index contributed by atoms with van der Waals surface area (Å²) >= 11 is 1.62. The Bertz CT molecular complexity index is 567. The van der Waals surface area contributed by atoms with Crippen molar-refractivity contribution in [3.63, 3.8) is 0 Å². The van der Waals surface area contributed by atoms with Gasteiger partial charge in [-0.3, -0.25) is 4.99 Å². The van der Waals surface area contributed by atoms with Gasteiger partial charge in [-0.25, -0.2) is 0 Å². The summed E-state index contributed by atoms with van der Waals surface area (Å²) in [7, 11) is 0. The summed E-state index contributed by atoms with van der Waals surface area (Å²) in [6.45, 7) is 4.28. The van der Waals surface area contributed by atoms with E-state index in [0.717, 1.165) is 55.7 Å². The molecule has 0 aromatic heterocycles. The second-order valence-electron chi connectivity index (χ2n) is 6.98. The minimum Gasteiger partial charge on any atom is -0.379 e. The van der Waals surface area contributed by atoms with Crippen LogP contribution < -0.4 is 5.73 Å². The van der Waals surface area contributed by atoms with Gasteiger partial charge in [-0.1, -0.05) is 30.3 Å². The molecule has 3 nitrogen and oxygen atoms in total. The standard InChI is InChI=1S/C20H30F3N3S/c21-20(22,23)18-10-8-17(9-11-18)7-2-3-12-25-19(24)27-16-6-15-26-13-4-1-5-14-26/h8-11H,1-7,12-16H2,(H2,24,25). The highest BCUT2D eigenvalue weighted by atomic mass is 32.2. The van der Waals surface area contributed by atoms with E-state index in [4.69, 9.17) is 5.73 Å². The van der Waals surface area contributed by atoms with E-state index >= 15 is 0 Å². The van der Waals surface area contributed by atoms with Gasteiger partial charge in [0, 0.05) is 12.3 Å². The van der Waals surface area contributed by atoms with Crippen LogP contribution in [0.1, 0.15) is 49.7 Å². The predicted octanol–water partition coefficient (Wildman–Crippen LogP) is 4.95. The molecule has 1 aromatic carbocycles. The fourth-order valence-electron chi connectivity index (χ4n) is 3.18. The van der Waals surface area contributed by atoms with Gasteiger partial charge in [-0.05, 0) is 75.9 Å².